The van der Waals surface area contributed by atoms with E-state index in [9.17, 15) is 14.9 Å². The molecule has 3 aromatic rings. The number of benzene rings is 2. The molecular weight excluding hydrogens is 428 g/mol. The minimum absolute atomic E-state index is 0.228. The maximum Gasteiger partial charge on any atom is 0.241 e. The van der Waals surface area contributed by atoms with Crippen molar-refractivity contribution in [3.8, 4) is 11.8 Å². The van der Waals surface area contributed by atoms with Crippen molar-refractivity contribution < 1.29 is 14.3 Å². The molecule has 2 N–H and O–H groups in total. The molecule has 34 heavy (non-hydrogen) atoms. The standard InChI is InChI=1S/C27H22N4O3/c1-34-20-7-4-6-19(15-20)25(32)24-23(18-11-13-30-14-12-18)27(16-28,26(29)33)22-10-9-17-5-2-3-8-21(17)31(22)24/h2-15,22-24H,1H3,(H2,29,33)/t22-,23+,24+,27+/m1/s1. The number of amides is 1. The predicted molar refractivity (Wildman–Crippen MR) is 127 cm³/mol. The SMILES string of the molecule is COc1cccc(C(=O)[C@@H]2[C@H](c3ccncc3)[C@@](C#N)(C(N)=O)[C@H]3C=Cc4ccccc4N23)c1. The van der Waals surface area contributed by atoms with Crippen molar-refractivity contribution >= 4 is 23.5 Å². The highest BCUT2D eigenvalue weighted by Gasteiger charge is 2.65. The molecule has 2 aliphatic heterocycles. The first-order valence-electron chi connectivity index (χ1n) is 10.9. The van der Waals surface area contributed by atoms with Crippen LogP contribution in [0.15, 0.2) is 79.1 Å². The van der Waals surface area contributed by atoms with Crippen LogP contribution in [-0.4, -0.2) is 35.9 Å². The van der Waals surface area contributed by atoms with Gasteiger partial charge in [0, 0.05) is 29.6 Å². The number of pyridine rings is 1. The Labute approximate surface area is 197 Å². The minimum atomic E-state index is -1.68. The Kier molecular flexibility index (Phi) is 5.14. The highest BCUT2D eigenvalue weighted by atomic mass is 16.5. The predicted octanol–water partition coefficient (Wildman–Crippen LogP) is 3.34. The molecule has 1 aromatic heterocycles. The van der Waals surface area contributed by atoms with Crippen molar-refractivity contribution in [2.45, 2.75) is 18.0 Å². The Balaban J connectivity index is 1.80. The maximum atomic E-state index is 14.2. The number of carbonyl (C=O) groups excluding carboxylic acids is 2. The lowest BCUT2D eigenvalue weighted by molar-refractivity contribution is -0.125. The number of nitrogens with two attached hydrogens (primary N) is 1. The second kappa shape index (κ2) is 8.16. The molecule has 1 amide bonds. The Morgan fingerprint density at radius 2 is 1.88 bits per heavy atom. The van der Waals surface area contributed by atoms with Gasteiger partial charge in [0.05, 0.1) is 19.2 Å². The monoisotopic (exact) mass is 450 g/mol. The molecule has 7 nitrogen and oxygen atoms in total. The molecule has 1 fully saturated rings. The summed E-state index contributed by atoms with van der Waals surface area (Å²) in [5, 5.41) is 10.5. The van der Waals surface area contributed by atoms with Crippen LogP contribution < -0.4 is 15.4 Å². The van der Waals surface area contributed by atoms with Crippen molar-refractivity contribution in [3.05, 3.63) is 95.8 Å². The van der Waals surface area contributed by atoms with Gasteiger partial charge < -0.3 is 15.4 Å². The van der Waals surface area contributed by atoms with Gasteiger partial charge in [-0.25, -0.2) is 0 Å². The van der Waals surface area contributed by atoms with Gasteiger partial charge in [-0.1, -0.05) is 42.5 Å². The first-order chi connectivity index (χ1) is 16.5. The number of para-hydroxylation sites is 1. The minimum Gasteiger partial charge on any atom is -0.497 e. The number of carbonyl (C=O) groups is 2. The van der Waals surface area contributed by atoms with E-state index in [1.807, 2.05) is 41.3 Å². The van der Waals surface area contributed by atoms with Crippen LogP contribution in [0.25, 0.3) is 6.08 Å². The molecule has 0 radical (unpaired) electrons. The van der Waals surface area contributed by atoms with Gasteiger partial charge in [-0.15, -0.1) is 0 Å². The van der Waals surface area contributed by atoms with Crippen LogP contribution in [0, 0.1) is 16.7 Å². The summed E-state index contributed by atoms with van der Waals surface area (Å²) < 4.78 is 5.33. The quantitative estimate of drug-likeness (QED) is 0.597. The average molecular weight is 450 g/mol. The van der Waals surface area contributed by atoms with Crippen molar-refractivity contribution in [2.75, 3.05) is 12.0 Å². The molecular formula is C27H22N4O3. The van der Waals surface area contributed by atoms with E-state index < -0.39 is 29.3 Å². The number of nitriles is 1. The lowest BCUT2D eigenvalue weighted by atomic mass is 9.67. The van der Waals surface area contributed by atoms with Gasteiger partial charge in [0.25, 0.3) is 0 Å². The zero-order valence-corrected chi connectivity index (χ0v) is 18.5. The molecule has 0 unspecified atom stereocenters. The fourth-order valence-corrected chi connectivity index (χ4v) is 5.32. The summed E-state index contributed by atoms with van der Waals surface area (Å²) in [6, 6.07) is 18.6. The molecule has 5 rings (SSSR count). The Hall–Kier alpha value is -4.44. The fraction of sp³-hybridized carbons (Fsp3) is 0.185. The number of anilines is 1. The molecule has 0 saturated carbocycles. The molecule has 2 aliphatic rings. The molecule has 1 saturated heterocycles. The van der Waals surface area contributed by atoms with Crippen molar-refractivity contribution in [2.24, 2.45) is 11.1 Å². The molecule has 4 atom stereocenters. The van der Waals surface area contributed by atoms with Crippen LogP contribution in [0.3, 0.4) is 0 Å². The second-order valence-corrected chi connectivity index (χ2v) is 8.41. The summed E-state index contributed by atoms with van der Waals surface area (Å²) in [5.41, 5.74) is 7.04. The van der Waals surface area contributed by atoms with Gasteiger partial charge in [-0.2, -0.15) is 5.26 Å². The topological polar surface area (TPSA) is 109 Å². The molecule has 0 bridgehead atoms. The highest BCUT2D eigenvalue weighted by Crippen LogP contribution is 2.55. The molecule has 168 valence electrons. The maximum absolute atomic E-state index is 14.2. The summed E-state index contributed by atoms with van der Waals surface area (Å²) in [7, 11) is 1.54. The molecule has 0 spiro atoms. The van der Waals surface area contributed by atoms with E-state index in [1.165, 1.54) is 7.11 Å². The van der Waals surface area contributed by atoms with Crippen LogP contribution in [0.1, 0.15) is 27.4 Å². The summed E-state index contributed by atoms with van der Waals surface area (Å²) >= 11 is 0. The van der Waals surface area contributed by atoms with Gasteiger partial charge in [-0.3, -0.25) is 14.6 Å². The van der Waals surface area contributed by atoms with Crippen LogP contribution in [0.4, 0.5) is 5.69 Å². The van der Waals surface area contributed by atoms with Crippen LogP contribution in [-0.2, 0) is 4.79 Å². The van der Waals surface area contributed by atoms with E-state index >= 15 is 0 Å². The van der Waals surface area contributed by atoms with Gasteiger partial charge >= 0.3 is 0 Å². The van der Waals surface area contributed by atoms with E-state index in [1.54, 1.807) is 48.8 Å². The highest BCUT2D eigenvalue weighted by molar-refractivity contribution is 6.06. The van der Waals surface area contributed by atoms with E-state index in [0.717, 1.165) is 11.3 Å². The van der Waals surface area contributed by atoms with E-state index in [2.05, 4.69) is 11.1 Å². The van der Waals surface area contributed by atoms with Gasteiger partial charge in [0.1, 0.15) is 11.8 Å². The number of fused-ring (bicyclic) bond motifs is 3. The number of Topliss-reactive ketones (excluding diaryl/α,β-unsaturated/α-hetero) is 1. The third kappa shape index (κ3) is 3.00. The van der Waals surface area contributed by atoms with Crippen molar-refractivity contribution in [3.63, 3.8) is 0 Å². The largest absolute Gasteiger partial charge is 0.497 e. The zero-order valence-electron chi connectivity index (χ0n) is 18.5. The van der Waals surface area contributed by atoms with Gasteiger partial charge in [0.2, 0.25) is 5.91 Å². The van der Waals surface area contributed by atoms with E-state index in [0.29, 0.717) is 16.9 Å². The Bertz CT molecular complexity index is 1350. The van der Waals surface area contributed by atoms with Crippen molar-refractivity contribution in [1.82, 2.24) is 4.98 Å². The Morgan fingerprint density at radius 3 is 2.59 bits per heavy atom. The number of nitrogens with zero attached hydrogens (tertiary/aromatic N) is 3. The second-order valence-electron chi connectivity index (χ2n) is 8.41. The first kappa shape index (κ1) is 21.4. The van der Waals surface area contributed by atoms with Crippen molar-refractivity contribution in [1.29, 1.82) is 5.26 Å². The van der Waals surface area contributed by atoms with Crippen LogP contribution in [0.2, 0.25) is 0 Å². The lowest BCUT2D eigenvalue weighted by Crippen LogP contribution is -2.49. The number of hydrogen-bond donors (Lipinski definition) is 1. The van der Waals surface area contributed by atoms with E-state index in [4.69, 9.17) is 10.5 Å². The lowest BCUT2D eigenvalue weighted by Gasteiger charge is -2.36. The van der Waals surface area contributed by atoms with Crippen LogP contribution in [0.5, 0.6) is 5.75 Å². The summed E-state index contributed by atoms with van der Waals surface area (Å²) in [4.78, 5) is 33.3. The summed E-state index contributed by atoms with van der Waals surface area (Å²) in [6.45, 7) is 0. The van der Waals surface area contributed by atoms with E-state index in [-0.39, 0.29) is 5.78 Å². The number of hydrogen-bond acceptors (Lipinski definition) is 6. The number of ketones is 1. The summed E-state index contributed by atoms with van der Waals surface area (Å²) in [6.07, 6.45) is 6.87. The smallest absolute Gasteiger partial charge is 0.241 e. The third-order valence-electron chi connectivity index (χ3n) is 6.83. The number of aromatic nitrogens is 1. The normalized spacial score (nSPS) is 24.6. The number of ether oxygens (including phenoxy) is 1. The number of primary amides is 1. The fourth-order valence-electron chi connectivity index (χ4n) is 5.32. The molecule has 0 aliphatic carbocycles. The molecule has 2 aromatic carbocycles. The summed E-state index contributed by atoms with van der Waals surface area (Å²) in [5.74, 6) is -1.27. The molecule has 3 heterocycles. The zero-order chi connectivity index (χ0) is 23.9. The number of methoxy groups -OCH3 is 1. The third-order valence-corrected chi connectivity index (χ3v) is 6.83. The first-order valence-corrected chi connectivity index (χ1v) is 10.9. The average Bonchev–Trinajstić information content (AvgIpc) is 3.20. The Morgan fingerprint density at radius 1 is 1.12 bits per heavy atom. The van der Waals surface area contributed by atoms with Crippen LogP contribution >= 0.6 is 0 Å². The number of rotatable bonds is 5. The van der Waals surface area contributed by atoms with Gasteiger partial charge in [0.15, 0.2) is 11.2 Å². The molecule has 7 heteroatoms. The van der Waals surface area contributed by atoms with Gasteiger partial charge in [-0.05, 0) is 41.5 Å².